The van der Waals surface area contributed by atoms with Gasteiger partial charge in [-0.1, -0.05) is 27.7 Å². The van der Waals surface area contributed by atoms with Crippen LogP contribution in [-0.4, -0.2) is 22.5 Å². The van der Waals surface area contributed by atoms with Crippen LogP contribution in [0.3, 0.4) is 0 Å². The van der Waals surface area contributed by atoms with Gasteiger partial charge in [0.1, 0.15) is 5.54 Å². The summed E-state index contributed by atoms with van der Waals surface area (Å²) in [7, 11) is 0. The molecule has 0 spiro atoms. The van der Waals surface area contributed by atoms with Crippen molar-refractivity contribution in [1.82, 2.24) is 5.32 Å². The summed E-state index contributed by atoms with van der Waals surface area (Å²) < 4.78 is 0. The third kappa shape index (κ3) is 4.21. The Morgan fingerprint density at radius 1 is 1.31 bits per heavy atom. The van der Waals surface area contributed by atoms with E-state index >= 15 is 0 Å². The van der Waals surface area contributed by atoms with E-state index in [1.807, 2.05) is 20.8 Å². The molecule has 2 N–H and O–H groups in total. The molecule has 0 aliphatic heterocycles. The summed E-state index contributed by atoms with van der Waals surface area (Å²) in [5.74, 6) is -0.494. The summed E-state index contributed by atoms with van der Waals surface area (Å²) in [6.45, 7) is 9.38. The maximum absolute atomic E-state index is 11.7. The van der Waals surface area contributed by atoms with Crippen LogP contribution in [0.5, 0.6) is 0 Å². The van der Waals surface area contributed by atoms with Crippen LogP contribution in [-0.2, 0) is 9.59 Å². The lowest BCUT2D eigenvalue weighted by Crippen LogP contribution is -2.52. The molecule has 0 aromatic carbocycles. The predicted octanol–water partition coefficient (Wildman–Crippen LogP) is 2.04. The Hall–Kier alpha value is -1.06. The topological polar surface area (TPSA) is 66.4 Å². The minimum absolute atomic E-state index is 0.187. The summed E-state index contributed by atoms with van der Waals surface area (Å²) in [6, 6.07) is 0. The Balaban J connectivity index is 4.38. The van der Waals surface area contributed by atoms with E-state index < -0.39 is 11.5 Å². The molecule has 0 aliphatic carbocycles. The molecule has 0 saturated heterocycles. The summed E-state index contributed by atoms with van der Waals surface area (Å²) >= 11 is 0. The van der Waals surface area contributed by atoms with Gasteiger partial charge in [-0.25, -0.2) is 4.79 Å². The summed E-state index contributed by atoms with van der Waals surface area (Å²) in [5.41, 5.74) is -1.15. The number of aliphatic carboxylic acids is 1. The Kier molecular flexibility index (Phi) is 5.48. The highest BCUT2D eigenvalue weighted by Gasteiger charge is 2.32. The van der Waals surface area contributed by atoms with E-state index in [1.54, 1.807) is 6.92 Å². The van der Waals surface area contributed by atoms with Crippen LogP contribution >= 0.6 is 0 Å². The molecule has 4 heteroatoms. The van der Waals surface area contributed by atoms with Gasteiger partial charge in [0.05, 0.1) is 0 Å². The van der Waals surface area contributed by atoms with Crippen molar-refractivity contribution in [3.8, 4) is 0 Å². The van der Waals surface area contributed by atoms with E-state index in [2.05, 4.69) is 5.32 Å². The van der Waals surface area contributed by atoms with Crippen molar-refractivity contribution >= 4 is 11.9 Å². The Labute approximate surface area is 97.4 Å². The number of rotatable bonds is 6. The first-order valence-corrected chi connectivity index (χ1v) is 5.77. The van der Waals surface area contributed by atoms with E-state index in [0.717, 1.165) is 0 Å². The van der Waals surface area contributed by atoms with Gasteiger partial charge in [0.15, 0.2) is 0 Å². The number of hydrogen-bond acceptors (Lipinski definition) is 2. The van der Waals surface area contributed by atoms with Gasteiger partial charge in [-0.05, 0) is 25.2 Å². The fourth-order valence-electron chi connectivity index (χ4n) is 1.18. The number of carboxylic acids is 1. The average Bonchev–Trinajstić information content (AvgIpc) is 2.16. The molecule has 0 fully saturated rings. The van der Waals surface area contributed by atoms with Crippen molar-refractivity contribution in [2.45, 2.75) is 53.0 Å². The fraction of sp³-hybridized carbons (Fsp3) is 0.833. The zero-order valence-electron chi connectivity index (χ0n) is 10.8. The van der Waals surface area contributed by atoms with E-state index in [9.17, 15) is 9.59 Å². The van der Waals surface area contributed by atoms with E-state index in [4.69, 9.17) is 5.11 Å². The molecule has 4 nitrogen and oxygen atoms in total. The van der Waals surface area contributed by atoms with Crippen molar-refractivity contribution in [3.63, 3.8) is 0 Å². The molecule has 0 radical (unpaired) electrons. The summed E-state index contributed by atoms with van der Waals surface area (Å²) in [4.78, 5) is 22.7. The standard InChI is InChI=1S/C12H23NO3/c1-6-12(5,11(15)16)13-10(14)7-9(4)8(2)3/h8-9H,6-7H2,1-5H3,(H,13,14)(H,15,16). The second kappa shape index (κ2) is 5.87. The highest BCUT2D eigenvalue weighted by molar-refractivity contribution is 5.86. The van der Waals surface area contributed by atoms with Crippen LogP contribution in [0, 0.1) is 11.8 Å². The normalized spacial score (nSPS) is 16.6. The lowest BCUT2D eigenvalue weighted by atomic mass is 9.93. The van der Waals surface area contributed by atoms with E-state index in [-0.39, 0.29) is 11.8 Å². The van der Waals surface area contributed by atoms with Gasteiger partial charge in [-0.3, -0.25) is 4.79 Å². The molecule has 94 valence electrons. The molecule has 0 bridgehead atoms. The van der Waals surface area contributed by atoms with Crippen molar-refractivity contribution < 1.29 is 14.7 Å². The first-order chi connectivity index (χ1) is 7.23. The molecule has 2 unspecified atom stereocenters. The number of hydrogen-bond donors (Lipinski definition) is 2. The lowest BCUT2D eigenvalue weighted by Gasteiger charge is -2.26. The van der Waals surface area contributed by atoms with Crippen molar-refractivity contribution in [3.05, 3.63) is 0 Å². The van der Waals surface area contributed by atoms with Crippen LogP contribution in [0.1, 0.15) is 47.5 Å². The van der Waals surface area contributed by atoms with Crippen molar-refractivity contribution in [1.29, 1.82) is 0 Å². The number of carboxylic acid groups (broad SMARTS) is 1. The van der Waals surface area contributed by atoms with Crippen molar-refractivity contribution in [2.24, 2.45) is 11.8 Å². The Morgan fingerprint density at radius 2 is 1.81 bits per heavy atom. The quantitative estimate of drug-likeness (QED) is 0.732. The van der Waals surface area contributed by atoms with Gasteiger partial charge < -0.3 is 10.4 Å². The van der Waals surface area contributed by atoms with Crippen LogP contribution < -0.4 is 5.32 Å². The summed E-state index contributed by atoms with van der Waals surface area (Å²) in [6.07, 6.45) is 0.755. The van der Waals surface area contributed by atoms with E-state index in [0.29, 0.717) is 18.8 Å². The minimum Gasteiger partial charge on any atom is -0.480 e. The molecule has 0 aliphatic rings. The van der Waals surface area contributed by atoms with E-state index in [1.165, 1.54) is 6.92 Å². The highest BCUT2D eigenvalue weighted by atomic mass is 16.4. The molecule has 0 aromatic heterocycles. The zero-order valence-corrected chi connectivity index (χ0v) is 10.8. The molecule has 0 saturated carbocycles. The third-order valence-electron chi connectivity index (χ3n) is 3.24. The van der Waals surface area contributed by atoms with Crippen LogP contribution in [0.15, 0.2) is 0 Å². The molecule has 2 atom stereocenters. The monoisotopic (exact) mass is 229 g/mol. The largest absolute Gasteiger partial charge is 0.480 e. The average molecular weight is 229 g/mol. The third-order valence-corrected chi connectivity index (χ3v) is 3.24. The molecule has 0 rings (SSSR count). The molecule has 0 heterocycles. The lowest BCUT2D eigenvalue weighted by molar-refractivity contribution is -0.147. The number of carbonyl (C=O) groups excluding carboxylic acids is 1. The fourth-order valence-corrected chi connectivity index (χ4v) is 1.18. The maximum Gasteiger partial charge on any atom is 0.329 e. The van der Waals surface area contributed by atoms with Gasteiger partial charge in [-0.15, -0.1) is 0 Å². The number of carbonyl (C=O) groups is 2. The zero-order chi connectivity index (χ0) is 12.9. The molecule has 0 aromatic rings. The van der Waals surface area contributed by atoms with Crippen LogP contribution in [0.25, 0.3) is 0 Å². The first kappa shape index (κ1) is 14.9. The minimum atomic E-state index is -1.15. The maximum atomic E-state index is 11.7. The van der Waals surface area contributed by atoms with Crippen LogP contribution in [0.4, 0.5) is 0 Å². The second-order valence-corrected chi connectivity index (χ2v) is 4.96. The van der Waals surface area contributed by atoms with Gasteiger partial charge in [-0.2, -0.15) is 0 Å². The van der Waals surface area contributed by atoms with Gasteiger partial charge >= 0.3 is 5.97 Å². The second-order valence-electron chi connectivity index (χ2n) is 4.96. The van der Waals surface area contributed by atoms with Gasteiger partial charge in [0.25, 0.3) is 0 Å². The van der Waals surface area contributed by atoms with Gasteiger partial charge in [0, 0.05) is 6.42 Å². The molecule has 1 amide bonds. The highest BCUT2D eigenvalue weighted by Crippen LogP contribution is 2.15. The Morgan fingerprint density at radius 3 is 2.12 bits per heavy atom. The molecular formula is C12H23NO3. The van der Waals surface area contributed by atoms with Gasteiger partial charge in [0.2, 0.25) is 5.91 Å². The molecule has 16 heavy (non-hydrogen) atoms. The Bertz CT molecular complexity index is 263. The number of nitrogens with one attached hydrogen (secondary N) is 1. The predicted molar refractivity (Wildman–Crippen MR) is 63.1 cm³/mol. The summed E-state index contributed by atoms with van der Waals surface area (Å²) in [5, 5.41) is 11.6. The van der Waals surface area contributed by atoms with Crippen LogP contribution in [0.2, 0.25) is 0 Å². The SMILES string of the molecule is CCC(C)(NC(=O)CC(C)C(C)C)C(=O)O. The number of amides is 1. The van der Waals surface area contributed by atoms with Crippen molar-refractivity contribution in [2.75, 3.05) is 0 Å². The smallest absolute Gasteiger partial charge is 0.329 e. The first-order valence-electron chi connectivity index (χ1n) is 5.77. The molecular weight excluding hydrogens is 206 g/mol.